The Hall–Kier alpha value is -2.97. The van der Waals surface area contributed by atoms with Crippen molar-refractivity contribution in [3.8, 4) is 5.13 Å². The number of rotatable bonds is 3. The van der Waals surface area contributed by atoms with Gasteiger partial charge in [-0.3, -0.25) is 4.79 Å². The van der Waals surface area contributed by atoms with E-state index < -0.39 is 5.82 Å². The Balaban J connectivity index is 1.42. The number of thiazole rings is 1. The first-order chi connectivity index (χ1) is 15.4. The minimum absolute atomic E-state index is 0.107. The summed E-state index contributed by atoms with van der Waals surface area (Å²) < 4.78 is 16.9. The van der Waals surface area contributed by atoms with Crippen LogP contribution in [0.5, 0.6) is 0 Å². The number of benzene rings is 2. The van der Waals surface area contributed by atoms with Gasteiger partial charge in [-0.25, -0.2) is 14.1 Å². The standard InChI is InChI=1S/C23H21ClFN5OS/c1-14-13-15(2)30(27-14)23-26-20-19(32-23)8-7-17(24)21(20)28-9-11-29(12-10-28)22(31)16-5-3-4-6-18(16)25/h3-8,13H,9-12H2,1-2H3. The van der Waals surface area contributed by atoms with Gasteiger partial charge in [0.15, 0.2) is 0 Å². The summed E-state index contributed by atoms with van der Waals surface area (Å²) in [5, 5.41) is 5.96. The van der Waals surface area contributed by atoms with Crippen LogP contribution in [0.3, 0.4) is 0 Å². The molecule has 1 fully saturated rings. The molecule has 0 radical (unpaired) electrons. The summed E-state index contributed by atoms with van der Waals surface area (Å²) in [5.74, 6) is -0.778. The molecule has 3 heterocycles. The second-order valence-corrected chi connectivity index (χ2v) is 9.25. The number of carbonyl (C=O) groups is 1. The van der Waals surface area contributed by atoms with E-state index in [1.54, 1.807) is 28.4 Å². The van der Waals surface area contributed by atoms with Crippen molar-refractivity contribution in [2.45, 2.75) is 13.8 Å². The number of halogens is 2. The van der Waals surface area contributed by atoms with Gasteiger partial charge in [-0.15, -0.1) is 0 Å². The quantitative estimate of drug-likeness (QED) is 0.430. The summed E-state index contributed by atoms with van der Waals surface area (Å²) in [6.07, 6.45) is 0. The Morgan fingerprint density at radius 2 is 1.84 bits per heavy atom. The van der Waals surface area contributed by atoms with Crippen LogP contribution >= 0.6 is 22.9 Å². The van der Waals surface area contributed by atoms with Crippen molar-refractivity contribution in [3.05, 3.63) is 70.3 Å². The minimum Gasteiger partial charge on any atom is -0.365 e. The van der Waals surface area contributed by atoms with E-state index in [1.165, 1.54) is 12.1 Å². The summed E-state index contributed by atoms with van der Waals surface area (Å²) in [6, 6.07) is 12.0. The van der Waals surface area contributed by atoms with E-state index in [4.69, 9.17) is 16.6 Å². The zero-order valence-electron chi connectivity index (χ0n) is 17.7. The van der Waals surface area contributed by atoms with Gasteiger partial charge in [-0.05, 0) is 44.2 Å². The van der Waals surface area contributed by atoms with Crippen LogP contribution in [0.25, 0.3) is 15.3 Å². The predicted molar refractivity (Wildman–Crippen MR) is 126 cm³/mol. The van der Waals surface area contributed by atoms with Crippen LogP contribution in [-0.2, 0) is 0 Å². The molecule has 0 aliphatic carbocycles. The van der Waals surface area contributed by atoms with E-state index >= 15 is 0 Å². The largest absolute Gasteiger partial charge is 0.365 e. The highest BCUT2D eigenvalue weighted by Gasteiger charge is 2.27. The lowest BCUT2D eigenvalue weighted by molar-refractivity contribution is 0.0742. The number of nitrogens with zero attached hydrogens (tertiary/aromatic N) is 5. The number of anilines is 1. The Morgan fingerprint density at radius 1 is 1.09 bits per heavy atom. The third kappa shape index (κ3) is 3.63. The maximum atomic E-state index is 14.0. The van der Waals surface area contributed by atoms with Gasteiger partial charge in [0.25, 0.3) is 5.91 Å². The highest BCUT2D eigenvalue weighted by molar-refractivity contribution is 7.20. The number of aryl methyl sites for hydroxylation is 2. The fraction of sp³-hybridized carbons (Fsp3) is 0.261. The zero-order valence-corrected chi connectivity index (χ0v) is 19.3. The van der Waals surface area contributed by atoms with Crippen molar-refractivity contribution in [1.82, 2.24) is 19.7 Å². The van der Waals surface area contributed by atoms with E-state index in [-0.39, 0.29) is 11.5 Å². The number of fused-ring (bicyclic) bond motifs is 1. The average Bonchev–Trinajstić information content (AvgIpc) is 3.36. The van der Waals surface area contributed by atoms with Gasteiger partial charge in [0, 0.05) is 31.9 Å². The molecule has 0 atom stereocenters. The van der Waals surface area contributed by atoms with Crippen LogP contribution in [0, 0.1) is 19.7 Å². The van der Waals surface area contributed by atoms with Crippen molar-refractivity contribution in [1.29, 1.82) is 0 Å². The first-order valence-corrected chi connectivity index (χ1v) is 11.5. The second kappa shape index (κ2) is 8.18. The van der Waals surface area contributed by atoms with E-state index in [9.17, 15) is 9.18 Å². The van der Waals surface area contributed by atoms with Gasteiger partial charge in [0.05, 0.1) is 26.7 Å². The van der Waals surface area contributed by atoms with E-state index in [2.05, 4.69) is 10.00 Å². The zero-order chi connectivity index (χ0) is 22.4. The third-order valence-corrected chi connectivity index (χ3v) is 6.95. The molecule has 9 heteroatoms. The molecule has 0 unspecified atom stereocenters. The predicted octanol–water partition coefficient (Wildman–Crippen LogP) is 4.85. The SMILES string of the molecule is Cc1cc(C)n(-c2nc3c(N4CCN(C(=O)c5ccccc5F)CC4)c(Cl)ccc3s2)n1. The van der Waals surface area contributed by atoms with Gasteiger partial charge in [0.1, 0.15) is 11.3 Å². The minimum atomic E-state index is -0.494. The highest BCUT2D eigenvalue weighted by Crippen LogP contribution is 2.38. The molecule has 1 amide bonds. The number of hydrogen-bond donors (Lipinski definition) is 0. The van der Waals surface area contributed by atoms with Gasteiger partial charge in [-0.1, -0.05) is 35.1 Å². The monoisotopic (exact) mass is 469 g/mol. The molecule has 1 saturated heterocycles. The molecule has 5 rings (SSSR count). The molecule has 6 nitrogen and oxygen atoms in total. The van der Waals surface area contributed by atoms with E-state index in [1.807, 2.05) is 36.7 Å². The maximum Gasteiger partial charge on any atom is 0.256 e. The number of carbonyl (C=O) groups excluding carboxylic acids is 1. The normalized spacial score (nSPS) is 14.4. The third-order valence-electron chi connectivity index (χ3n) is 5.65. The van der Waals surface area contributed by atoms with Gasteiger partial charge < -0.3 is 9.80 Å². The Kier molecular flexibility index (Phi) is 5.35. The summed E-state index contributed by atoms with van der Waals surface area (Å²) in [5.41, 5.74) is 3.77. The molecule has 0 saturated carbocycles. The van der Waals surface area contributed by atoms with Gasteiger partial charge >= 0.3 is 0 Å². The van der Waals surface area contributed by atoms with Crippen molar-refractivity contribution in [3.63, 3.8) is 0 Å². The Labute approximate surface area is 193 Å². The molecule has 2 aromatic heterocycles. The van der Waals surface area contributed by atoms with Gasteiger partial charge in [0.2, 0.25) is 5.13 Å². The van der Waals surface area contributed by atoms with E-state index in [0.717, 1.165) is 32.4 Å². The van der Waals surface area contributed by atoms with Crippen LogP contribution in [0.15, 0.2) is 42.5 Å². The van der Waals surface area contributed by atoms with Crippen molar-refractivity contribution in [2.75, 3.05) is 31.1 Å². The summed E-state index contributed by atoms with van der Waals surface area (Å²) in [7, 11) is 0. The first kappa shape index (κ1) is 20.9. The topological polar surface area (TPSA) is 54.3 Å². The summed E-state index contributed by atoms with van der Waals surface area (Å²) >= 11 is 8.18. The summed E-state index contributed by atoms with van der Waals surface area (Å²) in [4.78, 5) is 21.5. The lowest BCUT2D eigenvalue weighted by atomic mass is 10.1. The smallest absolute Gasteiger partial charge is 0.256 e. The fourth-order valence-corrected chi connectivity index (χ4v) is 5.35. The molecular formula is C23H21ClFN5OS. The molecule has 4 aromatic rings. The van der Waals surface area contributed by atoms with Crippen molar-refractivity contribution in [2.24, 2.45) is 0 Å². The summed E-state index contributed by atoms with van der Waals surface area (Å²) in [6.45, 7) is 6.10. The molecule has 1 aliphatic heterocycles. The van der Waals surface area contributed by atoms with Crippen molar-refractivity contribution < 1.29 is 9.18 Å². The number of piperazine rings is 1. The molecule has 0 N–H and O–H groups in total. The van der Waals surface area contributed by atoms with E-state index in [0.29, 0.717) is 31.2 Å². The average molecular weight is 470 g/mol. The highest BCUT2D eigenvalue weighted by atomic mass is 35.5. The molecule has 32 heavy (non-hydrogen) atoms. The van der Waals surface area contributed by atoms with Crippen LogP contribution < -0.4 is 4.90 Å². The number of amides is 1. The number of hydrogen-bond acceptors (Lipinski definition) is 5. The van der Waals surface area contributed by atoms with Crippen LogP contribution in [0.2, 0.25) is 5.02 Å². The van der Waals surface area contributed by atoms with Crippen LogP contribution in [0.4, 0.5) is 10.1 Å². The maximum absolute atomic E-state index is 14.0. The fourth-order valence-electron chi connectivity index (χ4n) is 4.10. The molecule has 0 bridgehead atoms. The Morgan fingerprint density at radius 3 is 2.53 bits per heavy atom. The molecule has 2 aromatic carbocycles. The molecule has 0 spiro atoms. The first-order valence-electron chi connectivity index (χ1n) is 10.3. The number of aromatic nitrogens is 3. The van der Waals surface area contributed by atoms with Gasteiger partial charge in [-0.2, -0.15) is 5.10 Å². The lowest BCUT2D eigenvalue weighted by Crippen LogP contribution is -2.49. The Bertz CT molecular complexity index is 1330. The molecule has 1 aliphatic rings. The van der Waals surface area contributed by atoms with Crippen LogP contribution in [0.1, 0.15) is 21.7 Å². The lowest BCUT2D eigenvalue weighted by Gasteiger charge is -2.36. The van der Waals surface area contributed by atoms with Crippen LogP contribution in [-0.4, -0.2) is 51.8 Å². The molecule has 164 valence electrons. The molecular weight excluding hydrogens is 449 g/mol. The van der Waals surface area contributed by atoms with Crippen molar-refractivity contribution >= 4 is 44.7 Å². The second-order valence-electron chi connectivity index (χ2n) is 7.84.